The zero-order valence-corrected chi connectivity index (χ0v) is 17.0. The van der Waals surface area contributed by atoms with Gasteiger partial charge in [-0.25, -0.2) is 9.59 Å². The lowest BCUT2D eigenvalue weighted by Crippen LogP contribution is -2.47. The smallest absolute Gasteiger partial charge is 0.339 e. The largest absolute Gasteiger partial charge is 0.467 e. The summed E-state index contributed by atoms with van der Waals surface area (Å²) in [5.41, 5.74) is 3.05. The number of carbonyl (C=O) groups excluding carboxylic acids is 3. The molecule has 1 aromatic carbocycles. The van der Waals surface area contributed by atoms with Gasteiger partial charge in [0.25, 0.3) is 5.91 Å². The lowest BCUT2D eigenvalue weighted by Gasteiger charge is -2.21. The highest BCUT2D eigenvalue weighted by molar-refractivity contribution is 6.05. The zero-order valence-electron chi connectivity index (χ0n) is 17.0. The Morgan fingerprint density at radius 3 is 2.69 bits per heavy atom. The topological polar surface area (TPSA) is 94.6 Å². The molecule has 1 aliphatic carbocycles. The molecular weight excluding hydrogens is 372 g/mol. The number of amides is 1. The molecule has 1 heterocycles. The first-order valence-electron chi connectivity index (χ1n) is 9.91. The van der Waals surface area contributed by atoms with Crippen LogP contribution in [0.15, 0.2) is 24.3 Å². The Hall–Kier alpha value is -2.96. The fourth-order valence-corrected chi connectivity index (χ4v) is 3.66. The van der Waals surface area contributed by atoms with E-state index in [1.807, 2.05) is 38.1 Å². The Labute approximate surface area is 169 Å². The normalized spacial score (nSPS) is 14.7. The minimum Gasteiger partial charge on any atom is -0.467 e. The van der Waals surface area contributed by atoms with Crippen molar-refractivity contribution in [1.29, 1.82) is 0 Å². The number of esters is 2. The van der Waals surface area contributed by atoms with Crippen molar-refractivity contribution in [2.75, 3.05) is 13.7 Å². The van der Waals surface area contributed by atoms with E-state index in [0.29, 0.717) is 12.0 Å². The third kappa shape index (κ3) is 4.39. The summed E-state index contributed by atoms with van der Waals surface area (Å²) >= 11 is 0. The maximum absolute atomic E-state index is 12.9. The minimum atomic E-state index is -0.776. The van der Waals surface area contributed by atoms with Gasteiger partial charge in [0.05, 0.1) is 18.2 Å². The number of ether oxygens (including phenoxy) is 2. The van der Waals surface area contributed by atoms with Gasteiger partial charge in [0.15, 0.2) is 6.61 Å². The minimum absolute atomic E-state index is 0.102. The van der Waals surface area contributed by atoms with Crippen LogP contribution in [-0.2, 0) is 31.9 Å². The molecule has 154 valence electrons. The third-order valence-corrected chi connectivity index (χ3v) is 5.44. The van der Waals surface area contributed by atoms with Crippen LogP contribution in [0.4, 0.5) is 0 Å². The average Bonchev–Trinajstić information content (AvgIpc) is 3.20. The molecule has 0 unspecified atom stereocenters. The first-order chi connectivity index (χ1) is 14.0. The molecule has 0 saturated carbocycles. The third-order valence-electron chi connectivity index (χ3n) is 5.44. The first-order valence-corrected chi connectivity index (χ1v) is 9.91. The number of methoxy groups -OCH3 is 1. The van der Waals surface area contributed by atoms with Crippen molar-refractivity contribution in [2.24, 2.45) is 5.92 Å². The molecule has 0 bridgehead atoms. The number of hydrogen-bond acceptors (Lipinski definition) is 6. The number of benzene rings is 1. The number of fused-ring (bicyclic) bond motifs is 2. The highest BCUT2D eigenvalue weighted by Gasteiger charge is 2.28. The molecule has 3 rings (SSSR count). The van der Waals surface area contributed by atoms with E-state index in [2.05, 4.69) is 10.3 Å². The number of hydrogen-bond donors (Lipinski definition) is 1. The van der Waals surface area contributed by atoms with Crippen LogP contribution in [0.5, 0.6) is 0 Å². The van der Waals surface area contributed by atoms with Crippen LogP contribution in [-0.4, -0.2) is 42.6 Å². The van der Waals surface area contributed by atoms with Crippen LogP contribution >= 0.6 is 0 Å². The van der Waals surface area contributed by atoms with E-state index in [1.54, 1.807) is 0 Å². The van der Waals surface area contributed by atoms with Gasteiger partial charge in [-0.15, -0.1) is 0 Å². The van der Waals surface area contributed by atoms with Gasteiger partial charge in [0.2, 0.25) is 0 Å². The van der Waals surface area contributed by atoms with Gasteiger partial charge in [-0.1, -0.05) is 38.5 Å². The summed E-state index contributed by atoms with van der Waals surface area (Å²) in [6, 6.07) is 6.66. The van der Waals surface area contributed by atoms with E-state index in [0.717, 1.165) is 41.4 Å². The molecule has 1 N–H and O–H groups in total. The molecule has 1 aliphatic rings. The molecule has 0 radical (unpaired) electrons. The molecule has 1 aromatic heterocycles. The van der Waals surface area contributed by atoms with E-state index in [-0.39, 0.29) is 5.92 Å². The molecule has 7 heteroatoms. The van der Waals surface area contributed by atoms with Crippen LogP contribution in [0.25, 0.3) is 10.9 Å². The van der Waals surface area contributed by atoms with Crippen LogP contribution in [0.2, 0.25) is 0 Å². The standard InChI is InChI=1S/C22H26N2O5/c1-4-13(2)20(22(27)28-3)24-18(25)12-29-21(26)19-14-8-5-6-10-16(14)23-17-11-7-9-15(17)19/h5-6,8,10,13,20H,4,7,9,11-12H2,1-3H3,(H,24,25)/t13-,20-/m0/s1. The molecule has 7 nitrogen and oxygen atoms in total. The van der Waals surface area contributed by atoms with Crippen LogP contribution in [0.1, 0.15) is 48.3 Å². The van der Waals surface area contributed by atoms with Crippen molar-refractivity contribution in [2.45, 2.75) is 45.6 Å². The molecule has 0 spiro atoms. The summed E-state index contributed by atoms with van der Waals surface area (Å²) in [7, 11) is 1.28. The number of nitrogens with one attached hydrogen (secondary N) is 1. The van der Waals surface area contributed by atoms with Gasteiger partial charge < -0.3 is 14.8 Å². The Morgan fingerprint density at radius 1 is 1.21 bits per heavy atom. The number of pyridine rings is 1. The Morgan fingerprint density at radius 2 is 1.97 bits per heavy atom. The number of aryl methyl sites for hydroxylation is 1. The van der Waals surface area contributed by atoms with Crippen molar-refractivity contribution in [3.63, 3.8) is 0 Å². The van der Waals surface area contributed by atoms with E-state index < -0.39 is 30.5 Å². The number of rotatable bonds is 7. The zero-order chi connectivity index (χ0) is 21.0. The van der Waals surface area contributed by atoms with E-state index in [4.69, 9.17) is 9.47 Å². The van der Waals surface area contributed by atoms with Crippen molar-refractivity contribution in [1.82, 2.24) is 10.3 Å². The molecule has 0 fully saturated rings. The second-order valence-electron chi connectivity index (χ2n) is 7.31. The quantitative estimate of drug-likeness (QED) is 0.721. The molecule has 29 heavy (non-hydrogen) atoms. The van der Waals surface area contributed by atoms with Crippen LogP contribution < -0.4 is 5.32 Å². The Bertz CT molecular complexity index is 940. The van der Waals surface area contributed by atoms with E-state index in [9.17, 15) is 14.4 Å². The molecule has 2 atom stereocenters. The van der Waals surface area contributed by atoms with Gasteiger partial charge in [0, 0.05) is 11.1 Å². The SMILES string of the molecule is CC[C@H](C)[C@H](NC(=O)COC(=O)c1c2c(nc3ccccc13)CCC2)C(=O)OC. The fourth-order valence-electron chi connectivity index (χ4n) is 3.66. The predicted octanol–water partition coefficient (Wildman–Crippen LogP) is 2.58. The van der Waals surface area contributed by atoms with Crippen molar-refractivity contribution in [3.8, 4) is 0 Å². The number of aromatic nitrogens is 1. The van der Waals surface area contributed by atoms with Crippen molar-refractivity contribution >= 4 is 28.7 Å². The lowest BCUT2D eigenvalue weighted by atomic mass is 9.99. The summed E-state index contributed by atoms with van der Waals surface area (Å²) in [4.78, 5) is 41.8. The predicted molar refractivity (Wildman–Crippen MR) is 107 cm³/mol. The van der Waals surface area contributed by atoms with Crippen LogP contribution in [0, 0.1) is 5.92 Å². The summed E-state index contributed by atoms with van der Waals surface area (Å²) in [5.74, 6) is -1.70. The van der Waals surface area contributed by atoms with Gasteiger partial charge >= 0.3 is 11.9 Å². The highest BCUT2D eigenvalue weighted by atomic mass is 16.5. The number of carbonyl (C=O) groups is 3. The Balaban J connectivity index is 1.75. The van der Waals surface area contributed by atoms with Gasteiger partial charge in [-0.3, -0.25) is 9.78 Å². The molecule has 0 aliphatic heterocycles. The average molecular weight is 398 g/mol. The summed E-state index contributed by atoms with van der Waals surface area (Å²) in [6.45, 7) is 3.30. The van der Waals surface area contributed by atoms with Crippen LogP contribution in [0.3, 0.4) is 0 Å². The summed E-state index contributed by atoms with van der Waals surface area (Å²) in [5, 5.41) is 3.34. The van der Waals surface area contributed by atoms with Gasteiger partial charge in [-0.05, 0) is 36.8 Å². The number of nitrogens with zero attached hydrogens (tertiary/aromatic N) is 1. The maximum Gasteiger partial charge on any atom is 0.339 e. The second kappa shape index (κ2) is 9.03. The fraction of sp³-hybridized carbons (Fsp3) is 0.455. The first kappa shape index (κ1) is 20.8. The Kier molecular flexibility index (Phi) is 6.46. The highest BCUT2D eigenvalue weighted by Crippen LogP contribution is 2.30. The monoisotopic (exact) mass is 398 g/mol. The summed E-state index contributed by atoms with van der Waals surface area (Å²) < 4.78 is 10.1. The second-order valence-corrected chi connectivity index (χ2v) is 7.31. The summed E-state index contributed by atoms with van der Waals surface area (Å²) in [6.07, 6.45) is 3.23. The van der Waals surface area contributed by atoms with Gasteiger partial charge in [-0.2, -0.15) is 0 Å². The molecular formula is C22H26N2O5. The van der Waals surface area contributed by atoms with Crippen molar-refractivity contribution in [3.05, 3.63) is 41.1 Å². The number of para-hydroxylation sites is 1. The molecule has 0 saturated heterocycles. The van der Waals surface area contributed by atoms with Crippen molar-refractivity contribution < 1.29 is 23.9 Å². The molecule has 2 aromatic rings. The molecule has 1 amide bonds. The van der Waals surface area contributed by atoms with E-state index in [1.165, 1.54) is 7.11 Å². The maximum atomic E-state index is 12.9. The van der Waals surface area contributed by atoms with E-state index >= 15 is 0 Å². The lowest BCUT2D eigenvalue weighted by molar-refractivity contribution is -0.147. The van der Waals surface area contributed by atoms with Gasteiger partial charge in [0.1, 0.15) is 6.04 Å².